The average molecular weight is 440 g/mol. The number of carbonyl (C=O) groups excluding carboxylic acids is 1. The number of anilines is 2. The number of benzene rings is 2. The minimum absolute atomic E-state index is 0.0851. The molecule has 3 aromatic rings. The van der Waals surface area contributed by atoms with Crippen LogP contribution in [-0.2, 0) is 16.6 Å². The minimum atomic E-state index is -0.0851. The quantitative estimate of drug-likeness (QED) is 0.567. The minimum Gasteiger partial charge on any atom is -0.497 e. The molecule has 1 aliphatic rings. The highest BCUT2D eigenvalue weighted by atomic mass is 32.2. The first-order valence-corrected chi connectivity index (χ1v) is 11.0. The zero-order valence-electron chi connectivity index (χ0n) is 17.6. The van der Waals surface area contributed by atoms with Crippen LogP contribution in [0.4, 0.5) is 11.4 Å². The van der Waals surface area contributed by atoms with Gasteiger partial charge in [0.2, 0.25) is 5.91 Å². The van der Waals surface area contributed by atoms with E-state index in [-0.39, 0.29) is 11.7 Å². The molecule has 0 spiro atoms. The van der Waals surface area contributed by atoms with Gasteiger partial charge >= 0.3 is 0 Å². The van der Waals surface area contributed by atoms with E-state index in [1.54, 1.807) is 7.11 Å². The van der Waals surface area contributed by atoms with Gasteiger partial charge in [-0.3, -0.25) is 4.79 Å². The molecular formula is C22H25N5O3S. The van der Waals surface area contributed by atoms with E-state index in [2.05, 4.69) is 20.4 Å². The lowest BCUT2D eigenvalue weighted by Gasteiger charge is -2.28. The van der Waals surface area contributed by atoms with Crippen LogP contribution >= 0.6 is 11.8 Å². The molecule has 9 heteroatoms. The molecule has 2 heterocycles. The number of nitrogens with zero attached hydrogens (tertiary/aromatic N) is 4. The topological polar surface area (TPSA) is 81.5 Å². The Bertz CT molecular complexity index is 1010. The van der Waals surface area contributed by atoms with E-state index >= 15 is 0 Å². The number of rotatable bonds is 7. The van der Waals surface area contributed by atoms with Crippen molar-refractivity contribution in [2.45, 2.75) is 5.16 Å². The Morgan fingerprint density at radius 2 is 1.81 bits per heavy atom. The molecule has 1 aliphatic heterocycles. The van der Waals surface area contributed by atoms with Crippen molar-refractivity contribution in [3.05, 3.63) is 48.5 Å². The highest BCUT2D eigenvalue weighted by Gasteiger charge is 2.14. The maximum atomic E-state index is 12.4. The molecule has 0 radical (unpaired) electrons. The zero-order chi connectivity index (χ0) is 21.6. The van der Waals surface area contributed by atoms with Crippen molar-refractivity contribution < 1.29 is 14.3 Å². The summed E-state index contributed by atoms with van der Waals surface area (Å²) in [5.41, 5.74) is 2.85. The number of nitrogens with one attached hydrogen (secondary N) is 1. The molecule has 0 bridgehead atoms. The van der Waals surface area contributed by atoms with E-state index in [0.29, 0.717) is 5.16 Å². The van der Waals surface area contributed by atoms with Gasteiger partial charge in [0, 0.05) is 37.1 Å². The van der Waals surface area contributed by atoms with E-state index < -0.39 is 0 Å². The second-order valence-electron chi connectivity index (χ2n) is 7.08. The SMILES string of the molecule is COc1ccc(-c2nnc(SCC(=O)Nc3ccc(N4CCOCC4)cc3)n2C)cc1. The fraction of sp³-hybridized carbons (Fsp3) is 0.318. The number of hydrogen-bond donors (Lipinski definition) is 1. The monoisotopic (exact) mass is 439 g/mol. The molecule has 1 amide bonds. The largest absolute Gasteiger partial charge is 0.497 e. The second kappa shape index (κ2) is 9.84. The third-order valence-electron chi connectivity index (χ3n) is 5.04. The second-order valence-corrected chi connectivity index (χ2v) is 8.02. The highest BCUT2D eigenvalue weighted by molar-refractivity contribution is 7.99. The van der Waals surface area contributed by atoms with E-state index in [1.807, 2.05) is 60.1 Å². The Balaban J connectivity index is 1.32. The van der Waals surface area contributed by atoms with Crippen LogP contribution in [0.15, 0.2) is 53.7 Å². The summed E-state index contributed by atoms with van der Waals surface area (Å²) in [5.74, 6) is 1.69. The summed E-state index contributed by atoms with van der Waals surface area (Å²) in [5, 5.41) is 12.1. The molecule has 4 rings (SSSR count). The van der Waals surface area contributed by atoms with E-state index in [9.17, 15) is 4.79 Å². The number of morpholine rings is 1. The fourth-order valence-electron chi connectivity index (χ4n) is 3.34. The van der Waals surface area contributed by atoms with Crippen molar-refractivity contribution in [2.75, 3.05) is 49.4 Å². The maximum Gasteiger partial charge on any atom is 0.234 e. The summed E-state index contributed by atoms with van der Waals surface area (Å²) in [6, 6.07) is 15.5. The normalized spacial score (nSPS) is 13.8. The van der Waals surface area contributed by atoms with Crippen molar-refractivity contribution in [3.8, 4) is 17.1 Å². The first kappa shape index (κ1) is 21.2. The number of ether oxygens (including phenoxy) is 2. The molecule has 1 N–H and O–H groups in total. The molecule has 31 heavy (non-hydrogen) atoms. The van der Waals surface area contributed by atoms with Crippen molar-refractivity contribution in [1.82, 2.24) is 14.8 Å². The van der Waals surface area contributed by atoms with Crippen molar-refractivity contribution in [2.24, 2.45) is 7.05 Å². The van der Waals surface area contributed by atoms with E-state index in [0.717, 1.165) is 54.8 Å². The zero-order valence-corrected chi connectivity index (χ0v) is 18.4. The van der Waals surface area contributed by atoms with Crippen LogP contribution in [0, 0.1) is 0 Å². The van der Waals surface area contributed by atoms with Crippen LogP contribution in [0.3, 0.4) is 0 Å². The smallest absolute Gasteiger partial charge is 0.234 e. The van der Waals surface area contributed by atoms with Gasteiger partial charge in [-0.25, -0.2) is 0 Å². The van der Waals surface area contributed by atoms with Gasteiger partial charge in [-0.2, -0.15) is 0 Å². The van der Waals surface area contributed by atoms with E-state index in [4.69, 9.17) is 9.47 Å². The lowest BCUT2D eigenvalue weighted by atomic mass is 10.2. The Labute approximate surface area is 185 Å². The van der Waals surface area contributed by atoms with Gasteiger partial charge in [0.1, 0.15) is 5.75 Å². The summed E-state index contributed by atoms with van der Waals surface area (Å²) in [4.78, 5) is 14.7. The van der Waals surface area contributed by atoms with Gasteiger partial charge in [-0.05, 0) is 48.5 Å². The number of amides is 1. The van der Waals surface area contributed by atoms with Crippen LogP contribution in [0.2, 0.25) is 0 Å². The Morgan fingerprint density at radius 1 is 1.10 bits per heavy atom. The van der Waals surface area contributed by atoms with Crippen molar-refractivity contribution >= 4 is 29.0 Å². The third kappa shape index (κ3) is 5.18. The Hall–Kier alpha value is -3.04. The molecule has 1 aromatic heterocycles. The van der Waals surface area contributed by atoms with E-state index in [1.165, 1.54) is 11.8 Å². The average Bonchev–Trinajstić information content (AvgIpc) is 3.19. The van der Waals surface area contributed by atoms with Gasteiger partial charge < -0.3 is 24.3 Å². The fourth-order valence-corrected chi connectivity index (χ4v) is 4.05. The molecule has 1 saturated heterocycles. The van der Waals surface area contributed by atoms with Gasteiger partial charge in [0.05, 0.1) is 26.1 Å². The van der Waals surface area contributed by atoms with Crippen LogP contribution in [0.5, 0.6) is 5.75 Å². The summed E-state index contributed by atoms with van der Waals surface area (Å²) in [6.07, 6.45) is 0. The number of thioether (sulfide) groups is 1. The van der Waals surface area contributed by atoms with Gasteiger partial charge in [-0.1, -0.05) is 11.8 Å². The standard InChI is InChI=1S/C22H25N5O3S/c1-26-21(16-3-9-19(29-2)10-4-16)24-25-22(26)31-15-20(28)23-17-5-7-18(8-6-17)27-11-13-30-14-12-27/h3-10H,11-15H2,1-2H3,(H,23,28). The van der Waals surface area contributed by atoms with Gasteiger partial charge in [0.25, 0.3) is 0 Å². The van der Waals surface area contributed by atoms with Crippen molar-refractivity contribution in [1.29, 1.82) is 0 Å². The Kier molecular flexibility index (Phi) is 6.73. The van der Waals surface area contributed by atoms with Gasteiger partial charge in [0.15, 0.2) is 11.0 Å². The molecule has 0 unspecified atom stereocenters. The first-order chi connectivity index (χ1) is 15.1. The van der Waals surface area contributed by atoms with Crippen molar-refractivity contribution in [3.63, 3.8) is 0 Å². The summed E-state index contributed by atoms with van der Waals surface area (Å²) in [7, 11) is 3.53. The van der Waals surface area contributed by atoms with Crippen LogP contribution in [0.25, 0.3) is 11.4 Å². The number of aromatic nitrogens is 3. The van der Waals surface area contributed by atoms with Crippen LogP contribution in [0.1, 0.15) is 0 Å². The molecule has 8 nitrogen and oxygen atoms in total. The summed E-state index contributed by atoms with van der Waals surface area (Å²) in [6.45, 7) is 3.27. The third-order valence-corrected chi connectivity index (χ3v) is 6.06. The molecule has 0 saturated carbocycles. The molecule has 0 atom stereocenters. The first-order valence-electron chi connectivity index (χ1n) is 10.0. The summed E-state index contributed by atoms with van der Waals surface area (Å²) < 4.78 is 12.5. The number of hydrogen-bond acceptors (Lipinski definition) is 7. The molecule has 1 fully saturated rings. The Morgan fingerprint density at radius 3 is 2.48 bits per heavy atom. The molecular weight excluding hydrogens is 414 g/mol. The number of methoxy groups -OCH3 is 1. The number of carbonyl (C=O) groups is 1. The maximum absolute atomic E-state index is 12.4. The summed E-state index contributed by atoms with van der Waals surface area (Å²) >= 11 is 1.35. The molecule has 0 aliphatic carbocycles. The van der Waals surface area contributed by atoms with Crippen LogP contribution < -0.4 is 15.0 Å². The predicted octanol–water partition coefficient (Wildman–Crippen LogP) is 3.06. The van der Waals surface area contributed by atoms with Crippen LogP contribution in [-0.4, -0.2) is 59.8 Å². The highest BCUT2D eigenvalue weighted by Crippen LogP contribution is 2.25. The lowest BCUT2D eigenvalue weighted by Crippen LogP contribution is -2.36. The molecule has 162 valence electrons. The lowest BCUT2D eigenvalue weighted by molar-refractivity contribution is -0.113. The van der Waals surface area contributed by atoms with Gasteiger partial charge in [-0.15, -0.1) is 10.2 Å². The predicted molar refractivity (Wildman–Crippen MR) is 122 cm³/mol. The molecule has 2 aromatic carbocycles.